The molecular formula is C20H28N2O3. The zero-order valence-electron chi connectivity index (χ0n) is 15.3. The number of ether oxygens (including phenoxy) is 1. The first-order chi connectivity index (χ1) is 11.9. The average Bonchev–Trinajstić information content (AvgIpc) is 3.00. The van der Waals surface area contributed by atoms with Gasteiger partial charge in [0.25, 0.3) is 5.91 Å². The first kappa shape index (κ1) is 17.9. The molecule has 1 saturated heterocycles. The zero-order chi connectivity index (χ0) is 18.0. The number of carbonyl (C=O) groups is 2. The van der Waals surface area contributed by atoms with Gasteiger partial charge >= 0.3 is 0 Å². The van der Waals surface area contributed by atoms with Crippen molar-refractivity contribution in [1.29, 1.82) is 0 Å². The van der Waals surface area contributed by atoms with Crippen LogP contribution in [0.15, 0.2) is 30.3 Å². The summed E-state index contributed by atoms with van der Waals surface area (Å²) in [6.45, 7) is 6.01. The topological polar surface area (TPSA) is 58.6 Å². The van der Waals surface area contributed by atoms with E-state index in [9.17, 15) is 9.59 Å². The molecule has 2 fully saturated rings. The normalized spacial score (nSPS) is 26.1. The second kappa shape index (κ2) is 7.16. The summed E-state index contributed by atoms with van der Waals surface area (Å²) in [6, 6.07) is 9.31. The fourth-order valence-electron chi connectivity index (χ4n) is 4.09. The van der Waals surface area contributed by atoms with E-state index in [1.807, 2.05) is 44.2 Å². The van der Waals surface area contributed by atoms with Crippen molar-refractivity contribution in [3.63, 3.8) is 0 Å². The zero-order valence-corrected chi connectivity index (χ0v) is 15.3. The van der Waals surface area contributed by atoms with E-state index in [0.717, 1.165) is 31.2 Å². The number of nitrogens with zero attached hydrogens (tertiary/aromatic N) is 1. The molecule has 0 bridgehead atoms. The maximum atomic E-state index is 13.0. The Balaban J connectivity index is 1.89. The van der Waals surface area contributed by atoms with Gasteiger partial charge in [-0.05, 0) is 39.2 Å². The van der Waals surface area contributed by atoms with Crippen LogP contribution in [0.1, 0.15) is 58.1 Å². The molecule has 1 saturated carbocycles. The summed E-state index contributed by atoms with van der Waals surface area (Å²) in [5.41, 5.74) is 0.771. The Bertz CT molecular complexity index is 623. The van der Waals surface area contributed by atoms with Gasteiger partial charge < -0.3 is 15.0 Å². The molecule has 5 nitrogen and oxygen atoms in total. The minimum Gasteiger partial charge on any atom is -0.356 e. The van der Waals surface area contributed by atoms with Gasteiger partial charge in [0.05, 0.1) is 6.04 Å². The standard InChI is InChI=1S/C20H28N2O3/c1-14(2)22-16(23)13-25-18(17(22)15-9-5-4-6-10-15)19(24)21-20(3)11-7-8-12-20/h4-6,9-10,14,17-18H,7-8,11-13H2,1-3H3,(H,21,24)/t17-,18+/m1/s1. The summed E-state index contributed by atoms with van der Waals surface area (Å²) in [5, 5.41) is 3.20. The molecule has 1 aliphatic carbocycles. The minimum atomic E-state index is -0.681. The molecule has 1 heterocycles. The van der Waals surface area contributed by atoms with Crippen molar-refractivity contribution in [2.24, 2.45) is 0 Å². The maximum Gasteiger partial charge on any atom is 0.252 e. The van der Waals surface area contributed by atoms with Crippen LogP contribution in [0.4, 0.5) is 0 Å². The highest BCUT2D eigenvalue weighted by molar-refractivity contribution is 5.87. The summed E-state index contributed by atoms with van der Waals surface area (Å²) in [4.78, 5) is 27.3. The van der Waals surface area contributed by atoms with E-state index in [2.05, 4.69) is 12.2 Å². The number of rotatable bonds is 4. The molecule has 0 unspecified atom stereocenters. The molecule has 5 heteroatoms. The molecule has 2 atom stereocenters. The predicted molar refractivity (Wildman–Crippen MR) is 95.9 cm³/mol. The molecule has 25 heavy (non-hydrogen) atoms. The second-order valence-corrected chi connectivity index (χ2v) is 7.74. The molecule has 1 aliphatic heterocycles. The van der Waals surface area contributed by atoms with Gasteiger partial charge in [-0.25, -0.2) is 0 Å². The van der Waals surface area contributed by atoms with Crippen LogP contribution in [0.3, 0.4) is 0 Å². The Labute approximate surface area is 149 Å². The molecule has 1 aromatic rings. The van der Waals surface area contributed by atoms with Gasteiger partial charge in [-0.2, -0.15) is 0 Å². The number of amides is 2. The van der Waals surface area contributed by atoms with Gasteiger partial charge in [0.15, 0.2) is 6.10 Å². The second-order valence-electron chi connectivity index (χ2n) is 7.74. The van der Waals surface area contributed by atoms with Gasteiger partial charge in [0, 0.05) is 11.6 Å². The molecule has 1 N–H and O–H groups in total. The first-order valence-corrected chi connectivity index (χ1v) is 9.21. The number of hydrogen-bond donors (Lipinski definition) is 1. The Hall–Kier alpha value is -1.88. The van der Waals surface area contributed by atoms with E-state index >= 15 is 0 Å². The average molecular weight is 344 g/mol. The third kappa shape index (κ3) is 3.71. The molecule has 3 rings (SSSR count). The highest BCUT2D eigenvalue weighted by Crippen LogP contribution is 2.34. The molecule has 0 aromatic heterocycles. The van der Waals surface area contributed by atoms with E-state index in [1.165, 1.54) is 0 Å². The van der Waals surface area contributed by atoms with Crippen LogP contribution >= 0.6 is 0 Å². The molecule has 2 amide bonds. The lowest BCUT2D eigenvalue weighted by Crippen LogP contribution is -2.58. The smallest absolute Gasteiger partial charge is 0.252 e. The van der Waals surface area contributed by atoms with Crippen molar-refractivity contribution in [2.75, 3.05) is 6.61 Å². The third-order valence-electron chi connectivity index (χ3n) is 5.35. The van der Waals surface area contributed by atoms with Gasteiger partial charge in [-0.15, -0.1) is 0 Å². The first-order valence-electron chi connectivity index (χ1n) is 9.21. The van der Waals surface area contributed by atoms with E-state index in [1.54, 1.807) is 4.90 Å². The fourth-order valence-corrected chi connectivity index (χ4v) is 4.09. The van der Waals surface area contributed by atoms with Crippen LogP contribution in [-0.2, 0) is 14.3 Å². The van der Waals surface area contributed by atoms with Crippen molar-refractivity contribution >= 4 is 11.8 Å². The quantitative estimate of drug-likeness (QED) is 0.914. The van der Waals surface area contributed by atoms with Crippen molar-refractivity contribution in [3.05, 3.63) is 35.9 Å². The lowest BCUT2D eigenvalue weighted by molar-refractivity contribution is -0.167. The van der Waals surface area contributed by atoms with Crippen molar-refractivity contribution in [3.8, 4) is 0 Å². The highest BCUT2D eigenvalue weighted by atomic mass is 16.5. The number of nitrogens with one attached hydrogen (secondary N) is 1. The van der Waals surface area contributed by atoms with Crippen LogP contribution in [0.2, 0.25) is 0 Å². The predicted octanol–water partition coefficient (Wildman–Crippen LogP) is 2.81. The Morgan fingerprint density at radius 3 is 2.48 bits per heavy atom. The summed E-state index contributed by atoms with van der Waals surface area (Å²) in [6.07, 6.45) is 3.59. The number of benzene rings is 1. The summed E-state index contributed by atoms with van der Waals surface area (Å²) >= 11 is 0. The molecule has 0 spiro atoms. The fraction of sp³-hybridized carbons (Fsp3) is 0.600. The highest BCUT2D eigenvalue weighted by Gasteiger charge is 2.44. The number of carbonyl (C=O) groups excluding carboxylic acids is 2. The van der Waals surface area contributed by atoms with Crippen molar-refractivity contribution in [2.45, 2.75) is 70.2 Å². The van der Waals surface area contributed by atoms with Gasteiger partial charge in [-0.1, -0.05) is 43.2 Å². The SMILES string of the molecule is CC(C)N1C(=O)CO[C@H](C(=O)NC2(C)CCCC2)[C@H]1c1ccccc1. The van der Waals surface area contributed by atoms with E-state index in [0.29, 0.717) is 0 Å². The van der Waals surface area contributed by atoms with Crippen LogP contribution in [-0.4, -0.2) is 41.0 Å². The van der Waals surface area contributed by atoms with E-state index in [4.69, 9.17) is 4.74 Å². The molecule has 136 valence electrons. The van der Waals surface area contributed by atoms with Crippen molar-refractivity contribution < 1.29 is 14.3 Å². The lowest BCUT2D eigenvalue weighted by atomic mass is 9.94. The summed E-state index contributed by atoms with van der Waals surface area (Å²) in [7, 11) is 0. The molecular weight excluding hydrogens is 316 g/mol. The molecule has 0 radical (unpaired) electrons. The van der Waals surface area contributed by atoms with Crippen molar-refractivity contribution in [1.82, 2.24) is 10.2 Å². The van der Waals surface area contributed by atoms with E-state index < -0.39 is 12.1 Å². The molecule has 1 aromatic carbocycles. The Morgan fingerprint density at radius 1 is 1.24 bits per heavy atom. The number of hydrogen-bond acceptors (Lipinski definition) is 3. The van der Waals surface area contributed by atoms with Gasteiger partial charge in [-0.3, -0.25) is 9.59 Å². The molecule has 2 aliphatic rings. The minimum absolute atomic E-state index is 0.000951. The van der Waals surface area contributed by atoms with Crippen LogP contribution in [0, 0.1) is 0 Å². The van der Waals surface area contributed by atoms with Gasteiger partial charge in [0.2, 0.25) is 5.91 Å². The third-order valence-corrected chi connectivity index (χ3v) is 5.35. The largest absolute Gasteiger partial charge is 0.356 e. The van der Waals surface area contributed by atoms with Gasteiger partial charge in [0.1, 0.15) is 6.61 Å². The van der Waals surface area contributed by atoms with Crippen LogP contribution in [0.5, 0.6) is 0 Å². The lowest BCUT2D eigenvalue weighted by Gasteiger charge is -2.43. The van der Waals surface area contributed by atoms with E-state index in [-0.39, 0.29) is 30.0 Å². The van der Waals surface area contributed by atoms with Crippen LogP contribution < -0.4 is 5.32 Å². The van der Waals surface area contributed by atoms with Crippen LogP contribution in [0.25, 0.3) is 0 Å². The Kier molecular flexibility index (Phi) is 5.13. The summed E-state index contributed by atoms with van der Waals surface area (Å²) < 4.78 is 5.75. The monoisotopic (exact) mass is 344 g/mol. The summed E-state index contributed by atoms with van der Waals surface area (Å²) in [5.74, 6) is -0.184. The number of morpholine rings is 1. The Morgan fingerprint density at radius 2 is 1.88 bits per heavy atom. The maximum absolute atomic E-state index is 13.0.